The molecule has 6 heteroatoms. The largest absolute Gasteiger partial charge is 0.480 e. The van der Waals surface area contributed by atoms with Crippen molar-refractivity contribution >= 4 is 22.7 Å². The number of aliphatic carboxylic acids is 1. The molecular weight excluding hydrogens is 242 g/mol. The fourth-order valence-electron chi connectivity index (χ4n) is 1.17. The van der Waals surface area contributed by atoms with Gasteiger partial charge >= 0.3 is 5.97 Å². The minimum absolute atomic E-state index is 0.00981. The first kappa shape index (κ1) is 16.1. The van der Waals surface area contributed by atoms with Crippen LogP contribution in [0, 0.1) is 5.92 Å². The lowest BCUT2D eigenvalue weighted by atomic mass is 10.1. The van der Waals surface area contributed by atoms with Gasteiger partial charge in [0.25, 0.3) is 0 Å². The number of hydrogen-bond donors (Lipinski definition) is 2. The molecule has 0 spiro atoms. The second-order valence-corrected chi connectivity index (χ2v) is 5.98. The molecular formula is C11H21NO4S. The summed E-state index contributed by atoms with van der Waals surface area (Å²) < 4.78 is 11.6. The van der Waals surface area contributed by atoms with E-state index in [1.54, 1.807) is 6.92 Å². The molecule has 5 nitrogen and oxygen atoms in total. The van der Waals surface area contributed by atoms with Crippen LogP contribution in [0.4, 0.5) is 0 Å². The number of carbonyl (C=O) groups is 2. The summed E-state index contributed by atoms with van der Waals surface area (Å²) in [6, 6.07) is -0.00981. The summed E-state index contributed by atoms with van der Waals surface area (Å²) >= 11 is 0. The van der Waals surface area contributed by atoms with Gasteiger partial charge in [-0.1, -0.05) is 20.8 Å². The maximum atomic E-state index is 11.6. The molecule has 0 saturated heterocycles. The molecule has 1 amide bonds. The van der Waals surface area contributed by atoms with E-state index >= 15 is 0 Å². The highest BCUT2D eigenvalue weighted by molar-refractivity contribution is 7.87. The van der Waals surface area contributed by atoms with Crippen molar-refractivity contribution in [3.63, 3.8) is 0 Å². The van der Waals surface area contributed by atoms with E-state index in [1.807, 2.05) is 20.8 Å². The van der Waals surface area contributed by atoms with E-state index in [-0.39, 0.29) is 30.0 Å². The first-order chi connectivity index (χ1) is 7.79. The third-order valence-electron chi connectivity index (χ3n) is 2.63. The van der Waals surface area contributed by atoms with Crippen LogP contribution in [-0.4, -0.2) is 38.2 Å². The number of carbonyl (C=O) groups excluding carboxylic acids is 1. The SMILES string of the molecule is CCC(C(=O)O)S(=O)CC(=O)NC(C)C(C)C. The van der Waals surface area contributed by atoms with Gasteiger partial charge in [0.05, 0.1) is 0 Å². The first-order valence-corrected chi connectivity index (χ1v) is 7.07. The van der Waals surface area contributed by atoms with Crippen molar-refractivity contribution in [1.82, 2.24) is 5.32 Å². The van der Waals surface area contributed by atoms with Crippen LogP contribution in [-0.2, 0) is 20.4 Å². The van der Waals surface area contributed by atoms with Crippen molar-refractivity contribution in [2.24, 2.45) is 5.92 Å². The number of carboxylic acids is 1. The van der Waals surface area contributed by atoms with Gasteiger partial charge in [-0.3, -0.25) is 13.8 Å². The predicted octanol–water partition coefficient (Wildman–Crippen LogP) is 0.759. The fourth-order valence-corrected chi connectivity index (χ4v) is 2.30. The molecule has 0 radical (unpaired) electrons. The van der Waals surface area contributed by atoms with E-state index in [2.05, 4.69) is 5.32 Å². The van der Waals surface area contributed by atoms with E-state index in [0.717, 1.165) is 0 Å². The summed E-state index contributed by atoms with van der Waals surface area (Å²) in [6.45, 7) is 7.44. The van der Waals surface area contributed by atoms with Crippen LogP contribution in [0.25, 0.3) is 0 Å². The lowest BCUT2D eigenvalue weighted by molar-refractivity contribution is -0.136. The van der Waals surface area contributed by atoms with Gasteiger partial charge in [0.2, 0.25) is 5.91 Å². The van der Waals surface area contributed by atoms with Crippen LogP contribution in [0.1, 0.15) is 34.1 Å². The molecule has 3 atom stereocenters. The quantitative estimate of drug-likeness (QED) is 0.710. The van der Waals surface area contributed by atoms with E-state index in [0.29, 0.717) is 0 Å². The van der Waals surface area contributed by atoms with Crippen LogP contribution in [0.2, 0.25) is 0 Å². The Balaban J connectivity index is 4.29. The Morgan fingerprint density at radius 3 is 2.18 bits per heavy atom. The van der Waals surface area contributed by atoms with Crippen LogP contribution in [0.5, 0.6) is 0 Å². The topological polar surface area (TPSA) is 83.5 Å². The smallest absolute Gasteiger partial charge is 0.319 e. The molecule has 0 bridgehead atoms. The number of amides is 1. The van der Waals surface area contributed by atoms with E-state index in [4.69, 9.17) is 5.11 Å². The van der Waals surface area contributed by atoms with E-state index in [9.17, 15) is 13.8 Å². The van der Waals surface area contributed by atoms with Crippen molar-refractivity contribution < 1.29 is 18.9 Å². The Morgan fingerprint density at radius 1 is 1.29 bits per heavy atom. The summed E-state index contributed by atoms with van der Waals surface area (Å²) in [5, 5.41) is 10.5. The molecule has 0 aromatic rings. The number of hydrogen-bond acceptors (Lipinski definition) is 3. The Morgan fingerprint density at radius 2 is 1.82 bits per heavy atom. The van der Waals surface area contributed by atoms with Crippen LogP contribution < -0.4 is 5.32 Å². The van der Waals surface area contributed by atoms with Crippen molar-refractivity contribution in [1.29, 1.82) is 0 Å². The van der Waals surface area contributed by atoms with E-state index < -0.39 is 22.0 Å². The van der Waals surface area contributed by atoms with Gasteiger partial charge in [0, 0.05) is 16.8 Å². The van der Waals surface area contributed by atoms with Crippen LogP contribution in [0.15, 0.2) is 0 Å². The summed E-state index contributed by atoms with van der Waals surface area (Å²) in [7, 11) is -1.66. The summed E-state index contributed by atoms with van der Waals surface area (Å²) in [5.41, 5.74) is 0. The molecule has 0 rings (SSSR count). The normalized spacial score (nSPS) is 16.3. The second kappa shape index (κ2) is 7.42. The maximum absolute atomic E-state index is 11.6. The zero-order valence-electron chi connectivity index (χ0n) is 10.7. The minimum Gasteiger partial charge on any atom is -0.480 e. The van der Waals surface area contributed by atoms with Crippen LogP contribution >= 0.6 is 0 Å². The van der Waals surface area contributed by atoms with Gasteiger partial charge in [-0.2, -0.15) is 0 Å². The standard InChI is InChI=1S/C11H21NO4S/c1-5-9(11(14)15)17(16)6-10(13)12-8(4)7(2)3/h7-9H,5-6H2,1-4H3,(H,12,13)(H,14,15). The molecule has 2 N–H and O–H groups in total. The molecule has 0 aromatic heterocycles. The summed E-state index contributed by atoms with van der Waals surface area (Å²) in [6.07, 6.45) is 0.259. The van der Waals surface area contributed by atoms with Gasteiger partial charge in [0.15, 0.2) is 0 Å². The average Bonchev–Trinajstić information content (AvgIpc) is 2.16. The van der Waals surface area contributed by atoms with Gasteiger partial charge in [-0.05, 0) is 19.3 Å². The highest BCUT2D eigenvalue weighted by Crippen LogP contribution is 2.04. The number of rotatable bonds is 7. The highest BCUT2D eigenvalue weighted by atomic mass is 32.2. The summed E-state index contributed by atoms with van der Waals surface area (Å²) in [4.78, 5) is 22.3. The molecule has 0 saturated carbocycles. The van der Waals surface area contributed by atoms with Gasteiger partial charge < -0.3 is 10.4 Å². The summed E-state index contributed by atoms with van der Waals surface area (Å²) in [5.74, 6) is -1.43. The number of carboxylic acid groups (broad SMARTS) is 1. The van der Waals surface area contributed by atoms with Crippen molar-refractivity contribution in [3.8, 4) is 0 Å². The zero-order valence-corrected chi connectivity index (χ0v) is 11.5. The second-order valence-electron chi connectivity index (χ2n) is 4.36. The third-order valence-corrected chi connectivity index (χ3v) is 4.34. The predicted molar refractivity (Wildman–Crippen MR) is 67.2 cm³/mol. The van der Waals surface area contributed by atoms with Gasteiger partial charge in [-0.25, -0.2) is 0 Å². The lowest BCUT2D eigenvalue weighted by Gasteiger charge is -2.17. The van der Waals surface area contributed by atoms with Crippen LogP contribution in [0.3, 0.4) is 0 Å². The van der Waals surface area contributed by atoms with Crippen molar-refractivity contribution in [3.05, 3.63) is 0 Å². The monoisotopic (exact) mass is 263 g/mol. The Bertz CT molecular complexity index is 304. The van der Waals surface area contributed by atoms with E-state index in [1.165, 1.54) is 0 Å². The molecule has 0 fully saturated rings. The van der Waals surface area contributed by atoms with Gasteiger partial charge in [0.1, 0.15) is 11.0 Å². The zero-order chi connectivity index (χ0) is 13.6. The Labute approximate surface area is 104 Å². The molecule has 0 aliphatic heterocycles. The van der Waals surface area contributed by atoms with Crippen molar-refractivity contribution in [2.75, 3.05) is 5.75 Å². The lowest BCUT2D eigenvalue weighted by Crippen LogP contribution is -2.40. The Hall–Kier alpha value is -0.910. The molecule has 17 heavy (non-hydrogen) atoms. The highest BCUT2D eigenvalue weighted by Gasteiger charge is 2.25. The average molecular weight is 263 g/mol. The number of nitrogens with one attached hydrogen (secondary N) is 1. The molecule has 0 aromatic carbocycles. The molecule has 3 unspecified atom stereocenters. The van der Waals surface area contributed by atoms with Gasteiger partial charge in [-0.15, -0.1) is 0 Å². The minimum atomic E-state index is -1.66. The van der Waals surface area contributed by atoms with Crippen molar-refractivity contribution in [2.45, 2.75) is 45.4 Å². The molecule has 100 valence electrons. The Kier molecular flexibility index (Phi) is 7.03. The fraction of sp³-hybridized carbons (Fsp3) is 0.818. The molecule has 0 aliphatic rings. The molecule has 0 aliphatic carbocycles. The molecule has 0 heterocycles. The third kappa shape index (κ3) is 5.81. The maximum Gasteiger partial charge on any atom is 0.319 e. The first-order valence-electron chi connectivity index (χ1n) is 5.68.